The molecule has 2 aromatic rings. The predicted octanol–water partition coefficient (Wildman–Crippen LogP) is 4.00. The van der Waals surface area contributed by atoms with Crippen molar-refractivity contribution in [3.8, 4) is 5.75 Å². The standard InChI is InChI=1S/C9H6Cl2OS/c10-3-5-1-6-7(11)4-13-9(6)8(12)2-5/h1-2,4,12H,3H2. The van der Waals surface area contributed by atoms with Gasteiger partial charge in [0, 0.05) is 16.6 Å². The van der Waals surface area contributed by atoms with Gasteiger partial charge >= 0.3 is 0 Å². The fourth-order valence-corrected chi connectivity index (χ4v) is 2.54. The summed E-state index contributed by atoms with van der Waals surface area (Å²) in [5.74, 6) is 0.639. The zero-order valence-electron chi connectivity index (χ0n) is 6.55. The lowest BCUT2D eigenvalue weighted by atomic mass is 10.2. The molecule has 1 aromatic carbocycles. The summed E-state index contributed by atoms with van der Waals surface area (Å²) in [6.45, 7) is 0. The maximum atomic E-state index is 9.59. The highest BCUT2D eigenvalue weighted by atomic mass is 35.5. The summed E-state index contributed by atoms with van der Waals surface area (Å²) < 4.78 is 0.818. The van der Waals surface area contributed by atoms with Crippen molar-refractivity contribution in [3.05, 3.63) is 28.1 Å². The van der Waals surface area contributed by atoms with E-state index in [1.165, 1.54) is 11.3 Å². The van der Waals surface area contributed by atoms with Gasteiger partial charge in [-0.05, 0) is 17.7 Å². The lowest BCUT2D eigenvalue weighted by Crippen LogP contribution is -1.77. The third-order valence-corrected chi connectivity index (χ3v) is 3.59. The van der Waals surface area contributed by atoms with E-state index in [-0.39, 0.29) is 5.75 Å². The van der Waals surface area contributed by atoms with Crippen molar-refractivity contribution >= 4 is 44.6 Å². The zero-order valence-corrected chi connectivity index (χ0v) is 8.88. The molecular formula is C9H6Cl2OS. The SMILES string of the molecule is Oc1cc(CCl)cc2c(Cl)csc12. The normalized spacial score (nSPS) is 10.9. The highest BCUT2D eigenvalue weighted by Crippen LogP contribution is 2.37. The third kappa shape index (κ3) is 1.50. The first kappa shape index (κ1) is 9.13. The van der Waals surface area contributed by atoms with Gasteiger partial charge < -0.3 is 5.11 Å². The second kappa shape index (κ2) is 3.37. The van der Waals surface area contributed by atoms with Crippen LogP contribution in [0.25, 0.3) is 10.1 Å². The summed E-state index contributed by atoms with van der Waals surface area (Å²) in [6.07, 6.45) is 0. The number of fused-ring (bicyclic) bond motifs is 1. The molecule has 0 aliphatic rings. The molecule has 0 spiro atoms. The van der Waals surface area contributed by atoms with Gasteiger partial charge in [0.2, 0.25) is 0 Å². The average molecular weight is 233 g/mol. The molecule has 0 atom stereocenters. The van der Waals surface area contributed by atoms with E-state index in [0.29, 0.717) is 10.9 Å². The Morgan fingerprint density at radius 1 is 1.38 bits per heavy atom. The first-order valence-corrected chi connectivity index (χ1v) is 5.46. The van der Waals surface area contributed by atoms with Crippen molar-refractivity contribution in [1.82, 2.24) is 0 Å². The number of phenols is 1. The van der Waals surface area contributed by atoms with E-state index in [9.17, 15) is 5.11 Å². The van der Waals surface area contributed by atoms with Gasteiger partial charge in [0.1, 0.15) is 5.75 Å². The van der Waals surface area contributed by atoms with E-state index >= 15 is 0 Å². The van der Waals surface area contributed by atoms with Crippen LogP contribution in [0.2, 0.25) is 5.02 Å². The minimum atomic E-state index is 0.255. The number of rotatable bonds is 1. The van der Waals surface area contributed by atoms with Gasteiger partial charge in [-0.1, -0.05) is 11.6 Å². The number of hydrogen-bond donors (Lipinski definition) is 1. The Morgan fingerprint density at radius 3 is 2.85 bits per heavy atom. The number of alkyl halides is 1. The molecule has 0 bridgehead atoms. The number of thiophene rings is 1. The van der Waals surface area contributed by atoms with Crippen LogP contribution in [0.1, 0.15) is 5.56 Å². The Labute approximate surface area is 89.5 Å². The van der Waals surface area contributed by atoms with Crippen LogP contribution in [0.3, 0.4) is 0 Å². The second-order valence-corrected chi connectivity index (χ2v) is 4.26. The van der Waals surface area contributed by atoms with Gasteiger partial charge in [-0.25, -0.2) is 0 Å². The molecule has 0 aliphatic carbocycles. The highest BCUT2D eigenvalue weighted by Gasteiger charge is 2.07. The Balaban J connectivity index is 2.80. The molecule has 0 saturated carbocycles. The third-order valence-electron chi connectivity index (χ3n) is 1.82. The summed E-state index contributed by atoms with van der Waals surface area (Å²) >= 11 is 13.0. The van der Waals surface area contributed by atoms with Gasteiger partial charge in [-0.3, -0.25) is 0 Å². The fourth-order valence-electron chi connectivity index (χ4n) is 1.22. The quantitative estimate of drug-likeness (QED) is 0.738. The van der Waals surface area contributed by atoms with Crippen molar-refractivity contribution in [2.75, 3.05) is 0 Å². The number of aromatic hydroxyl groups is 1. The van der Waals surface area contributed by atoms with Crippen LogP contribution in [0.5, 0.6) is 5.75 Å². The fraction of sp³-hybridized carbons (Fsp3) is 0.111. The van der Waals surface area contributed by atoms with Crippen molar-refractivity contribution in [2.24, 2.45) is 0 Å². The molecule has 1 aromatic heterocycles. The van der Waals surface area contributed by atoms with Gasteiger partial charge in [0.05, 0.1) is 9.72 Å². The molecule has 0 unspecified atom stereocenters. The summed E-state index contributed by atoms with van der Waals surface area (Å²) in [5.41, 5.74) is 0.881. The van der Waals surface area contributed by atoms with E-state index < -0.39 is 0 Å². The molecule has 0 fully saturated rings. The Morgan fingerprint density at radius 2 is 2.15 bits per heavy atom. The molecule has 0 radical (unpaired) electrons. The smallest absolute Gasteiger partial charge is 0.133 e. The van der Waals surface area contributed by atoms with Crippen molar-refractivity contribution in [2.45, 2.75) is 5.88 Å². The van der Waals surface area contributed by atoms with Crippen LogP contribution >= 0.6 is 34.5 Å². The minimum Gasteiger partial charge on any atom is -0.506 e. The molecular weight excluding hydrogens is 227 g/mol. The van der Waals surface area contributed by atoms with Crippen molar-refractivity contribution in [1.29, 1.82) is 0 Å². The van der Waals surface area contributed by atoms with Gasteiger partial charge in [-0.15, -0.1) is 22.9 Å². The van der Waals surface area contributed by atoms with E-state index in [2.05, 4.69) is 0 Å². The number of halogens is 2. The maximum absolute atomic E-state index is 9.59. The molecule has 0 saturated heterocycles. The minimum absolute atomic E-state index is 0.255. The van der Waals surface area contributed by atoms with Gasteiger partial charge in [-0.2, -0.15) is 0 Å². The Kier molecular flexibility index (Phi) is 2.37. The van der Waals surface area contributed by atoms with Gasteiger partial charge in [0.25, 0.3) is 0 Å². The highest BCUT2D eigenvalue weighted by molar-refractivity contribution is 7.18. The average Bonchev–Trinajstić information content (AvgIpc) is 2.48. The number of benzene rings is 1. The monoisotopic (exact) mass is 232 g/mol. The van der Waals surface area contributed by atoms with Crippen LogP contribution in [0.4, 0.5) is 0 Å². The van der Waals surface area contributed by atoms with Crippen molar-refractivity contribution in [3.63, 3.8) is 0 Å². The first-order valence-electron chi connectivity index (χ1n) is 3.67. The largest absolute Gasteiger partial charge is 0.506 e. The summed E-state index contributed by atoms with van der Waals surface area (Å²) in [7, 11) is 0. The van der Waals surface area contributed by atoms with E-state index in [4.69, 9.17) is 23.2 Å². The topological polar surface area (TPSA) is 20.2 Å². The molecule has 68 valence electrons. The van der Waals surface area contributed by atoms with Crippen LogP contribution in [0.15, 0.2) is 17.5 Å². The van der Waals surface area contributed by atoms with Gasteiger partial charge in [0.15, 0.2) is 0 Å². The van der Waals surface area contributed by atoms with Crippen LogP contribution in [-0.4, -0.2) is 5.11 Å². The molecule has 1 heterocycles. The first-order chi connectivity index (χ1) is 6.22. The number of phenolic OH excluding ortho intramolecular Hbond substituents is 1. The molecule has 2 rings (SSSR count). The Bertz CT molecular complexity index is 450. The summed E-state index contributed by atoms with van der Waals surface area (Å²) in [6, 6.07) is 3.57. The van der Waals surface area contributed by atoms with E-state index in [0.717, 1.165) is 15.6 Å². The predicted molar refractivity (Wildman–Crippen MR) is 58.1 cm³/mol. The van der Waals surface area contributed by atoms with E-state index in [1.807, 2.05) is 11.4 Å². The lowest BCUT2D eigenvalue weighted by molar-refractivity contribution is 0.482. The lowest BCUT2D eigenvalue weighted by Gasteiger charge is -1.99. The van der Waals surface area contributed by atoms with Crippen molar-refractivity contribution < 1.29 is 5.11 Å². The second-order valence-electron chi connectivity index (χ2n) is 2.71. The van der Waals surface area contributed by atoms with Crippen LogP contribution < -0.4 is 0 Å². The molecule has 1 N–H and O–H groups in total. The summed E-state index contributed by atoms with van der Waals surface area (Å²) in [5, 5.41) is 12.9. The molecule has 0 amide bonds. The molecule has 4 heteroatoms. The van der Waals surface area contributed by atoms with Crippen LogP contribution in [-0.2, 0) is 5.88 Å². The maximum Gasteiger partial charge on any atom is 0.133 e. The Hall–Kier alpha value is -0.440. The zero-order chi connectivity index (χ0) is 9.42. The number of hydrogen-bond acceptors (Lipinski definition) is 2. The summed E-state index contributed by atoms with van der Waals surface area (Å²) in [4.78, 5) is 0. The molecule has 0 aliphatic heterocycles. The molecule has 13 heavy (non-hydrogen) atoms. The van der Waals surface area contributed by atoms with Crippen LogP contribution in [0, 0.1) is 0 Å². The van der Waals surface area contributed by atoms with E-state index in [1.54, 1.807) is 6.07 Å². The molecule has 1 nitrogen and oxygen atoms in total.